The van der Waals surface area contributed by atoms with Crippen molar-refractivity contribution in [2.75, 3.05) is 0 Å². The zero-order valence-electron chi connectivity index (χ0n) is 9.53. The molecule has 0 aliphatic heterocycles. The first-order chi connectivity index (χ1) is 7.00. The molecule has 0 spiro atoms. The van der Waals surface area contributed by atoms with E-state index in [1.165, 1.54) is 5.69 Å². The van der Waals surface area contributed by atoms with Crippen LogP contribution in [0.25, 0.3) is 0 Å². The van der Waals surface area contributed by atoms with E-state index < -0.39 is 5.97 Å². The molecule has 0 aromatic carbocycles. The average Bonchev–Trinajstić information content (AvgIpc) is 2.46. The van der Waals surface area contributed by atoms with E-state index in [9.17, 15) is 4.79 Å². The lowest BCUT2D eigenvalue weighted by Gasteiger charge is -2.08. The van der Waals surface area contributed by atoms with E-state index in [1.807, 2.05) is 11.6 Å². The molecule has 1 rings (SSSR count). The first kappa shape index (κ1) is 11.8. The lowest BCUT2D eigenvalue weighted by molar-refractivity contribution is -0.137. The summed E-state index contributed by atoms with van der Waals surface area (Å²) in [5, 5.41) is 12.9. The molecular formula is C11H18N2O2. The Morgan fingerprint density at radius 2 is 2.27 bits per heavy atom. The second-order valence-electron chi connectivity index (χ2n) is 4.09. The first-order valence-electron chi connectivity index (χ1n) is 5.27. The molecule has 0 saturated carbocycles. The van der Waals surface area contributed by atoms with Gasteiger partial charge in [-0.15, -0.1) is 0 Å². The van der Waals surface area contributed by atoms with Crippen LogP contribution in [-0.4, -0.2) is 20.9 Å². The maximum Gasteiger partial charge on any atom is 0.303 e. The van der Waals surface area contributed by atoms with Gasteiger partial charge in [0.25, 0.3) is 0 Å². The quantitative estimate of drug-likeness (QED) is 0.810. The number of carboxylic acid groups (broad SMARTS) is 1. The highest BCUT2D eigenvalue weighted by Crippen LogP contribution is 2.16. The van der Waals surface area contributed by atoms with E-state index in [1.54, 1.807) is 0 Å². The predicted molar refractivity (Wildman–Crippen MR) is 57.9 cm³/mol. The van der Waals surface area contributed by atoms with Gasteiger partial charge in [-0.1, -0.05) is 13.8 Å². The third-order valence-electron chi connectivity index (χ3n) is 2.29. The Morgan fingerprint density at radius 1 is 1.60 bits per heavy atom. The predicted octanol–water partition coefficient (Wildman–Crippen LogP) is 2.18. The van der Waals surface area contributed by atoms with Gasteiger partial charge in [0.15, 0.2) is 0 Å². The van der Waals surface area contributed by atoms with Gasteiger partial charge in [0.1, 0.15) is 0 Å². The fourth-order valence-corrected chi connectivity index (χ4v) is 1.59. The van der Waals surface area contributed by atoms with Crippen LogP contribution in [0.2, 0.25) is 0 Å². The van der Waals surface area contributed by atoms with Crippen LogP contribution in [0.1, 0.15) is 44.0 Å². The van der Waals surface area contributed by atoms with Crippen molar-refractivity contribution in [1.29, 1.82) is 0 Å². The second kappa shape index (κ2) is 4.96. The summed E-state index contributed by atoms with van der Waals surface area (Å²) >= 11 is 0. The monoisotopic (exact) mass is 210 g/mol. The second-order valence-corrected chi connectivity index (χ2v) is 4.09. The lowest BCUT2D eigenvalue weighted by Crippen LogP contribution is -2.08. The molecule has 1 N–H and O–H groups in total. The van der Waals surface area contributed by atoms with Crippen LogP contribution in [0.4, 0.5) is 0 Å². The largest absolute Gasteiger partial charge is 0.481 e. The Balaban J connectivity index is 2.63. The molecular weight excluding hydrogens is 192 g/mol. The van der Waals surface area contributed by atoms with Gasteiger partial charge < -0.3 is 5.11 Å². The molecule has 1 heterocycles. The minimum Gasteiger partial charge on any atom is -0.481 e. The van der Waals surface area contributed by atoms with Gasteiger partial charge in [0, 0.05) is 18.7 Å². The van der Waals surface area contributed by atoms with Crippen molar-refractivity contribution >= 4 is 5.97 Å². The van der Waals surface area contributed by atoms with Gasteiger partial charge in [-0.3, -0.25) is 9.48 Å². The van der Waals surface area contributed by atoms with Gasteiger partial charge in [-0.2, -0.15) is 5.10 Å². The van der Waals surface area contributed by atoms with Crippen molar-refractivity contribution < 1.29 is 9.90 Å². The Hall–Kier alpha value is -1.32. The normalized spacial score (nSPS) is 10.9. The summed E-state index contributed by atoms with van der Waals surface area (Å²) in [6.07, 6.45) is 0.840. The molecule has 0 atom stereocenters. The average molecular weight is 210 g/mol. The summed E-state index contributed by atoms with van der Waals surface area (Å²) in [5.74, 6) is -0.319. The summed E-state index contributed by atoms with van der Waals surface area (Å²) in [5.41, 5.74) is 2.17. The fourth-order valence-electron chi connectivity index (χ4n) is 1.59. The lowest BCUT2D eigenvalue weighted by atomic mass is 10.1. The van der Waals surface area contributed by atoms with Crippen LogP contribution in [0, 0.1) is 6.92 Å². The van der Waals surface area contributed by atoms with E-state index in [2.05, 4.69) is 25.0 Å². The molecule has 1 aromatic heterocycles. The molecule has 0 fully saturated rings. The van der Waals surface area contributed by atoms with Crippen LogP contribution in [0.5, 0.6) is 0 Å². The highest BCUT2D eigenvalue weighted by molar-refractivity contribution is 5.66. The van der Waals surface area contributed by atoms with E-state index in [4.69, 9.17) is 5.11 Å². The number of aliphatic carboxylic acids is 1. The SMILES string of the molecule is Cc1cc(C(C)C)n(CCCC(=O)O)n1. The van der Waals surface area contributed by atoms with Crippen molar-refractivity contribution in [3.8, 4) is 0 Å². The maximum absolute atomic E-state index is 10.4. The summed E-state index contributed by atoms with van der Waals surface area (Å²) in [4.78, 5) is 10.4. The van der Waals surface area contributed by atoms with E-state index >= 15 is 0 Å². The van der Waals surface area contributed by atoms with Crippen molar-refractivity contribution in [3.63, 3.8) is 0 Å². The Morgan fingerprint density at radius 3 is 2.80 bits per heavy atom. The fraction of sp³-hybridized carbons (Fsp3) is 0.636. The molecule has 1 aromatic rings. The van der Waals surface area contributed by atoms with Crippen LogP contribution >= 0.6 is 0 Å². The minimum atomic E-state index is -0.745. The molecule has 4 heteroatoms. The molecule has 0 amide bonds. The van der Waals surface area contributed by atoms with E-state index in [0.717, 1.165) is 5.69 Å². The molecule has 15 heavy (non-hydrogen) atoms. The van der Waals surface area contributed by atoms with Gasteiger partial charge in [-0.25, -0.2) is 0 Å². The van der Waals surface area contributed by atoms with Gasteiger partial charge in [-0.05, 0) is 25.3 Å². The third-order valence-corrected chi connectivity index (χ3v) is 2.29. The molecule has 0 aliphatic rings. The van der Waals surface area contributed by atoms with Crippen molar-refractivity contribution in [1.82, 2.24) is 9.78 Å². The number of carboxylic acids is 1. The minimum absolute atomic E-state index is 0.205. The maximum atomic E-state index is 10.4. The molecule has 0 radical (unpaired) electrons. The van der Waals surface area contributed by atoms with Crippen molar-refractivity contribution in [2.45, 2.75) is 46.1 Å². The standard InChI is InChI=1S/C11H18N2O2/c1-8(2)10-7-9(3)12-13(10)6-4-5-11(14)15/h7-8H,4-6H2,1-3H3,(H,14,15). The van der Waals surface area contributed by atoms with Crippen molar-refractivity contribution in [2.24, 2.45) is 0 Å². The van der Waals surface area contributed by atoms with Gasteiger partial charge in [0.05, 0.1) is 5.69 Å². The van der Waals surface area contributed by atoms with Crippen LogP contribution in [0.15, 0.2) is 6.07 Å². The number of hydrogen-bond donors (Lipinski definition) is 1. The van der Waals surface area contributed by atoms with E-state index in [0.29, 0.717) is 18.9 Å². The number of carbonyl (C=O) groups is 1. The zero-order valence-corrected chi connectivity index (χ0v) is 9.53. The van der Waals surface area contributed by atoms with Gasteiger partial charge in [0.2, 0.25) is 0 Å². The van der Waals surface area contributed by atoms with Crippen molar-refractivity contribution in [3.05, 3.63) is 17.5 Å². The van der Waals surface area contributed by atoms with Crippen LogP contribution < -0.4 is 0 Å². The molecule has 0 unspecified atom stereocenters. The smallest absolute Gasteiger partial charge is 0.303 e. The molecule has 4 nitrogen and oxygen atoms in total. The Labute approximate surface area is 89.9 Å². The van der Waals surface area contributed by atoms with Crippen LogP contribution in [0.3, 0.4) is 0 Å². The van der Waals surface area contributed by atoms with Crippen LogP contribution in [-0.2, 0) is 11.3 Å². The number of aromatic nitrogens is 2. The molecule has 84 valence electrons. The van der Waals surface area contributed by atoms with Gasteiger partial charge >= 0.3 is 5.97 Å². The summed E-state index contributed by atoms with van der Waals surface area (Å²) < 4.78 is 1.92. The first-order valence-corrected chi connectivity index (χ1v) is 5.27. The Kier molecular flexibility index (Phi) is 3.88. The number of hydrogen-bond acceptors (Lipinski definition) is 2. The zero-order chi connectivity index (χ0) is 11.4. The molecule has 0 aliphatic carbocycles. The molecule has 0 saturated heterocycles. The number of aryl methyl sites for hydroxylation is 2. The van der Waals surface area contributed by atoms with E-state index in [-0.39, 0.29) is 6.42 Å². The third kappa shape index (κ3) is 3.38. The highest BCUT2D eigenvalue weighted by atomic mass is 16.4. The number of nitrogens with zero attached hydrogens (tertiary/aromatic N) is 2. The Bertz CT molecular complexity index is 342. The topological polar surface area (TPSA) is 55.1 Å². The summed E-state index contributed by atoms with van der Waals surface area (Å²) in [6.45, 7) is 6.88. The molecule has 0 bridgehead atoms. The number of rotatable bonds is 5. The summed E-state index contributed by atoms with van der Waals surface area (Å²) in [6, 6.07) is 2.06. The summed E-state index contributed by atoms with van der Waals surface area (Å²) in [7, 11) is 0. The highest BCUT2D eigenvalue weighted by Gasteiger charge is 2.09.